The van der Waals surface area contributed by atoms with Crippen LogP contribution in [0.2, 0.25) is 0 Å². The summed E-state index contributed by atoms with van der Waals surface area (Å²) < 4.78 is 78.2. The van der Waals surface area contributed by atoms with Crippen LogP contribution in [0.5, 0.6) is 0 Å². The Hall–Kier alpha value is -2.06. The molecule has 1 saturated heterocycles. The molecular weight excluding hydrogens is 370 g/mol. The Balaban J connectivity index is 1.81. The number of hydrogen-bond donors (Lipinski definition) is 1. The molecule has 0 bridgehead atoms. The van der Waals surface area contributed by atoms with E-state index in [1.165, 1.54) is 0 Å². The second-order valence-electron chi connectivity index (χ2n) is 6.66. The van der Waals surface area contributed by atoms with Crippen molar-refractivity contribution >= 4 is 0 Å². The fourth-order valence-corrected chi connectivity index (χ4v) is 3.37. The zero-order valence-corrected chi connectivity index (χ0v) is 14.5. The van der Waals surface area contributed by atoms with Crippen LogP contribution in [-0.2, 0) is 18.9 Å². The number of nitrogens with one attached hydrogen (secondary N) is 1. The van der Waals surface area contributed by atoms with Crippen molar-refractivity contribution < 1.29 is 26.3 Å². The van der Waals surface area contributed by atoms with Gasteiger partial charge in [-0.1, -0.05) is 30.3 Å². The van der Waals surface area contributed by atoms with E-state index in [2.05, 4.69) is 5.43 Å². The van der Waals surface area contributed by atoms with Gasteiger partial charge in [-0.2, -0.15) is 26.3 Å². The summed E-state index contributed by atoms with van der Waals surface area (Å²) in [6.07, 6.45) is -9.67. The first-order chi connectivity index (χ1) is 12.6. The standard InChI is InChI=1S/C19H18F6N2/c1-12-4-2-3-5-16(12)14-9-26-27(11-14)10-13-6-7-15(18(20,21)22)8-17(13)19(23,24)25/h2-8,14,26H,9-11H2,1H3. The molecule has 0 aliphatic carbocycles. The van der Waals surface area contributed by atoms with E-state index in [-0.39, 0.29) is 24.1 Å². The molecule has 27 heavy (non-hydrogen) atoms. The van der Waals surface area contributed by atoms with Crippen LogP contribution in [0.3, 0.4) is 0 Å². The third kappa shape index (κ3) is 4.44. The van der Waals surface area contributed by atoms with Gasteiger partial charge in [-0.05, 0) is 35.7 Å². The first-order valence-electron chi connectivity index (χ1n) is 8.37. The van der Waals surface area contributed by atoms with Gasteiger partial charge in [0.2, 0.25) is 0 Å². The normalized spacial score (nSPS) is 18.9. The lowest BCUT2D eigenvalue weighted by molar-refractivity contribution is -0.143. The number of hydrogen-bond acceptors (Lipinski definition) is 2. The maximum atomic E-state index is 13.3. The van der Waals surface area contributed by atoms with Crippen LogP contribution in [0, 0.1) is 6.92 Å². The minimum Gasteiger partial charge on any atom is -0.254 e. The third-order valence-corrected chi connectivity index (χ3v) is 4.73. The predicted molar refractivity (Wildman–Crippen MR) is 88.8 cm³/mol. The van der Waals surface area contributed by atoms with E-state index in [4.69, 9.17) is 0 Å². The van der Waals surface area contributed by atoms with Crippen molar-refractivity contribution in [1.29, 1.82) is 0 Å². The summed E-state index contributed by atoms with van der Waals surface area (Å²) in [5.41, 5.74) is 2.51. The van der Waals surface area contributed by atoms with Gasteiger partial charge in [0.15, 0.2) is 0 Å². The zero-order chi connectivity index (χ0) is 19.8. The Bertz CT molecular complexity index is 813. The molecule has 2 nitrogen and oxygen atoms in total. The van der Waals surface area contributed by atoms with Gasteiger partial charge in [0.1, 0.15) is 0 Å². The van der Waals surface area contributed by atoms with Crippen molar-refractivity contribution in [3.63, 3.8) is 0 Å². The molecule has 0 aromatic heterocycles. The molecule has 1 aliphatic heterocycles. The van der Waals surface area contributed by atoms with E-state index in [1.54, 1.807) is 5.01 Å². The highest BCUT2D eigenvalue weighted by molar-refractivity contribution is 5.36. The van der Waals surface area contributed by atoms with Crippen molar-refractivity contribution in [2.45, 2.75) is 31.7 Å². The minimum absolute atomic E-state index is 0.106. The van der Waals surface area contributed by atoms with Crippen molar-refractivity contribution in [3.05, 3.63) is 70.3 Å². The molecule has 1 aliphatic rings. The molecule has 1 N–H and O–H groups in total. The zero-order valence-electron chi connectivity index (χ0n) is 14.5. The van der Waals surface area contributed by atoms with Crippen LogP contribution in [0.15, 0.2) is 42.5 Å². The van der Waals surface area contributed by atoms with Crippen molar-refractivity contribution in [3.8, 4) is 0 Å². The molecule has 146 valence electrons. The molecule has 0 spiro atoms. The van der Waals surface area contributed by atoms with Gasteiger partial charge in [0, 0.05) is 25.6 Å². The topological polar surface area (TPSA) is 15.3 Å². The second kappa shape index (κ2) is 7.16. The first kappa shape index (κ1) is 19.7. The highest BCUT2D eigenvalue weighted by atomic mass is 19.4. The van der Waals surface area contributed by atoms with Crippen LogP contribution in [0.4, 0.5) is 26.3 Å². The highest BCUT2D eigenvalue weighted by Crippen LogP contribution is 2.38. The summed E-state index contributed by atoms with van der Waals surface area (Å²) in [5.74, 6) is 0.106. The average Bonchev–Trinajstić information content (AvgIpc) is 3.02. The lowest BCUT2D eigenvalue weighted by atomic mass is 9.95. The molecule has 3 rings (SSSR count). The Kier molecular flexibility index (Phi) is 5.22. The molecule has 0 saturated carbocycles. The summed E-state index contributed by atoms with van der Waals surface area (Å²) in [5, 5.41) is 1.62. The van der Waals surface area contributed by atoms with E-state index >= 15 is 0 Å². The molecule has 2 aromatic carbocycles. The van der Waals surface area contributed by atoms with Crippen molar-refractivity contribution in [1.82, 2.24) is 10.4 Å². The summed E-state index contributed by atoms with van der Waals surface area (Å²) in [4.78, 5) is 0. The van der Waals surface area contributed by atoms with E-state index in [0.29, 0.717) is 19.2 Å². The number of nitrogens with zero attached hydrogens (tertiary/aromatic N) is 1. The maximum Gasteiger partial charge on any atom is 0.416 e. The molecule has 1 heterocycles. The van der Waals surface area contributed by atoms with Gasteiger partial charge in [0.05, 0.1) is 11.1 Å². The monoisotopic (exact) mass is 388 g/mol. The van der Waals surface area contributed by atoms with E-state index in [9.17, 15) is 26.3 Å². The fourth-order valence-electron chi connectivity index (χ4n) is 3.37. The summed E-state index contributed by atoms with van der Waals surface area (Å²) in [6, 6.07) is 9.55. The molecule has 8 heteroatoms. The molecule has 0 radical (unpaired) electrons. The molecule has 1 atom stereocenters. The Morgan fingerprint density at radius 3 is 2.33 bits per heavy atom. The van der Waals surface area contributed by atoms with E-state index in [1.807, 2.05) is 31.2 Å². The lowest BCUT2D eigenvalue weighted by Crippen LogP contribution is -2.31. The predicted octanol–water partition coefficient (Wildman–Crippen LogP) is 5.14. The number of rotatable bonds is 3. The number of alkyl halides is 6. The summed E-state index contributed by atoms with van der Waals surface area (Å²) >= 11 is 0. The van der Waals surface area contributed by atoms with Gasteiger partial charge in [0.25, 0.3) is 0 Å². The van der Waals surface area contributed by atoms with Gasteiger partial charge in [-0.25, -0.2) is 5.01 Å². The minimum atomic E-state index is -4.86. The lowest BCUT2D eigenvalue weighted by Gasteiger charge is -2.21. The Labute approximate surface area is 152 Å². The van der Waals surface area contributed by atoms with Gasteiger partial charge < -0.3 is 0 Å². The van der Waals surface area contributed by atoms with Crippen molar-refractivity contribution in [2.75, 3.05) is 13.1 Å². The van der Waals surface area contributed by atoms with Gasteiger partial charge >= 0.3 is 12.4 Å². The van der Waals surface area contributed by atoms with Gasteiger partial charge in [-0.3, -0.25) is 5.43 Å². The second-order valence-corrected chi connectivity index (χ2v) is 6.66. The fraction of sp³-hybridized carbons (Fsp3) is 0.368. The van der Waals surface area contributed by atoms with E-state index in [0.717, 1.165) is 17.2 Å². The molecule has 1 fully saturated rings. The highest BCUT2D eigenvalue weighted by Gasteiger charge is 2.38. The largest absolute Gasteiger partial charge is 0.416 e. The van der Waals surface area contributed by atoms with Crippen molar-refractivity contribution in [2.24, 2.45) is 0 Å². The molecule has 1 unspecified atom stereocenters. The Morgan fingerprint density at radius 1 is 1.00 bits per heavy atom. The van der Waals surface area contributed by atoms with Crippen LogP contribution >= 0.6 is 0 Å². The Morgan fingerprint density at radius 2 is 1.70 bits per heavy atom. The number of hydrazine groups is 1. The number of aryl methyl sites for hydroxylation is 1. The van der Waals surface area contributed by atoms with Crippen LogP contribution in [-0.4, -0.2) is 18.1 Å². The van der Waals surface area contributed by atoms with E-state index < -0.39 is 23.5 Å². The van der Waals surface area contributed by atoms with Crippen LogP contribution in [0.25, 0.3) is 0 Å². The molecular formula is C19H18F6N2. The van der Waals surface area contributed by atoms with Crippen LogP contribution in [0.1, 0.15) is 33.7 Å². The van der Waals surface area contributed by atoms with Gasteiger partial charge in [-0.15, -0.1) is 0 Å². The smallest absolute Gasteiger partial charge is 0.254 e. The summed E-state index contributed by atoms with van der Waals surface area (Å²) in [7, 11) is 0. The average molecular weight is 388 g/mol. The number of benzene rings is 2. The summed E-state index contributed by atoms with van der Waals surface area (Å²) in [6.45, 7) is 2.88. The number of halogens is 6. The molecule has 0 amide bonds. The SMILES string of the molecule is Cc1ccccc1C1CNN(Cc2ccc(C(F)(F)F)cc2C(F)(F)F)C1. The maximum absolute atomic E-state index is 13.3. The third-order valence-electron chi connectivity index (χ3n) is 4.73. The van der Waals surface area contributed by atoms with Crippen LogP contribution < -0.4 is 5.43 Å². The quantitative estimate of drug-likeness (QED) is 0.733. The molecule has 2 aromatic rings. The first-order valence-corrected chi connectivity index (χ1v) is 8.37.